The molecule has 2 heteroatoms. The largest absolute Gasteiger partial charge is 0.472 e. The number of hydrogen-bond acceptors (Lipinski definition) is 2. The van der Waals surface area contributed by atoms with Crippen LogP contribution in [0.5, 0.6) is 0 Å². The summed E-state index contributed by atoms with van der Waals surface area (Å²) in [7, 11) is 1.98. The van der Waals surface area contributed by atoms with Crippen LogP contribution in [-0.2, 0) is 6.42 Å². The molecule has 0 radical (unpaired) electrons. The topological polar surface area (TPSA) is 25.2 Å². The Hall–Kier alpha value is -1.54. The summed E-state index contributed by atoms with van der Waals surface area (Å²) in [5.74, 6) is 0. The van der Waals surface area contributed by atoms with Crippen molar-refractivity contribution >= 4 is 0 Å². The van der Waals surface area contributed by atoms with Gasteiger partial charge >= 0.3 is 0 Å². The molecule has 78 valence electrons. The Morgan fingerprint density at radius 1 is 1.20 bits per heavy atom. The van der Waals surface area contributed by atoms with E-state index in [1.807, 2.05) is 19.2 Å². The predicted molar refractivity (Wildman–Crippen MR) is 60.7 cm³/mol. The molecule has 15 heavy (non-hydrogen) atoms. The summed E-state index contributed by atoms with van der Waals surface area (Å²) in [6.07, 6.45) is 4.47. The smallest absolute Gasteiger partial charge is 0.0935 e. The minimum Gasteiger partial charge on any atom is -0.472 e. The first-order valence-electron chi connectivity index (χ1n) is 5.13. The first kappa shape index (κ1) is 9.99. The van der Waals surface area contributed by atoms with E-state index in [1.165, 1.54) is 11.1 Å². The zero-order valence-electron chi connectivity index (χ0n) is 8.81. The molecule has 0 aliphatic heterocycles. The van der Waals surface area contributed by atoms with E-state index in [4.69, 9.17) is 4.42 Å². The lowest BCUT2D eigenvalue weighted by Gasteiger charge is -2.15. The predicted octanol–water partition coefficient (Wildman–Crippen LogP) is 2.78. The van der Waals surface area contributed by atoms with Crippen molar-refractivity contribution < 1.29 is 4.42 Å². The van der Waals surface area contributed by atoms with E-state index < -0.39 is 0 Å². The van der Waals surface area contributed by atoms with Crippen molar-refractivity contribution in [2.45, 2.75) is 12.5 Å². The van der Waals surface area contributed by atoms with Gasteiger partial charge in [-0.15, -0.1) is 0 Å². The molecule has 0 spiro atoms. The van der Waals surface area contributed by atoms with Crippen molar-refractivity contribution in [1.29, 1.82) is 0 Å². The molecule has 1 aromatic carbocycles. The zero-order valence-corrected chi connectivity index (χ0v) is 8.81. The first-order chi connectivity index (χ1) is 7.40. The van der Waals surface area contributed by atoms with Gasteiger partial charge in [-0.05, 0) is 30.7 Å². The van der Waals surface area contributed by atoms with Crippen molar-refractivity contribution in [1.82, 2.24) is 5.32 Å². The molecule has 0 bridgehead atoms. The highest BCUT2D eigenvalue weighted by Crippen LogP contribution is 2.17. The molecule has 1 unspecified atom stereocenters. The number of hydrogen-bond donors (Lipinski definition) is 1. The van der Waals surface area contributed by atoms with Crippen molar-refractivity contribution in [2.24, 2.45) is 0 Å². The molecule has 2 rings (SSSR count). The lowest BCUT2D eigenvalue weighted by atomic mass is 10.0. The fourth-order valence-electron chi connectivity index (χ4n) is 1.72. The second-order valence-corrected chi connectivity index (χ2v) is 3.59. The number of furan rings is 1. The summed E-state index contributed by atoms with van der Waals surface area (Å²) in [4.78, 5) is 0. The van der Waals surface area contributed by atoms with Gasteiger partial charge in [-0.25, -0.2) is 0 Å². The van der Waals surface area contributed by atoms with Crippen molar-refractivity contribution in [3.05, 3.63) is 60.1 Å². The molecule has 0 saturated heterocycles. The SMILES string of the molecule is CNC(Cc1ccoc1)c1ccccc1. The molecule has 0 saturated carbocycles. The molecule has 0 aliphatic carbocycles. The Morgan fingerprint density at radius 3 is 2.60 bits per heavy atom. The summed E-state index contributed by atoms with van der Waals surface area (Å²) in [5, 5.41) is 3.31. The van der Waals surface area contributed by atoms with Gasteiger partial charge in [0, 0.05) is 6.04 Å². The monoisotopic (exact) mass is 201 g/mol. The molecular weight excluding hydrogens is 186 g/mol. The Balaban J connectivity index is 2.12. The number of likely N-dealkylation sites (N-methyl/N-ethyl adjacent to an activating group) is 1. The van der Waals surface area contributed by atoms with Crippen LogP contribution in [0.4, 0.5) is 0 Å². The maximum atomic E-state index is 5.07. The third-order valence-corrected chi connectivity index (χ3v) is 2.57. The quantitative estimate of drug-likeness (QED) is 0.822. The molecule has 1 N–H and O–H groups in total. The average molecular weight is 201 g/mol. The van der Waals surface area contributed by atoms with Gasteiger partial charge in [0.1, 0.15) is 0 Å². The minimum absolute atomic E-state index is 0.351. The van der Waals surface area contributed by atoms with Gasteiger partial charge in [0.15, 0.2) is 0 Å². The molecule has 0 amide bonds. The second-order valence-electron chi connectivity index (χ2n) is 3.59. The zero-order chi connectivity index (χ0) is 10.5. The van der Waals surface area contributed by atoms with Crippen LogP contribution in [0.1, 0.15) is 17.2 Å². The Bertz CT molecular complexity index is 380. The summed E-state index contributed by atoms with van der Waals surface area (Å²) in [5.41, 5.74) is 2.53. The Kier molecular flexibility index (Phi) is 3.20. The molecular formula is C13H15NO. The third kappa shape index (κ3) is 2.48. The summed E-state index contributed by atoms with van der Waals surface area (Å²) in [6, 6.07) is 12.8. The summed E-state index contributed by atoms with van der Waals surface area (Å²) in [6.45, 7) is 0. The lowest BCUT2D eigenvalue weighted by molar-refractivity contribution is 0.551. The third-order valence-electron chi connectivity index (χ3n) is 2.57. The van der Waals surface area contributed by atoms with Gasteiger partial charge in [0.25, 0.3) is 0 Å². The lowest BCUT2D eigenvalue weighted by Crippen LogP contribution is -2.18. The molecule has 2 aromatic rings. The van der Waals surface area contributed by atoms with Crippen LogP contribution in [0.15, 0.2) is 53.3 Å². The van der Waals surface area contributed by atoms with Gasteiger partial charge in [-0.1, -0.05) is 30.3 Å². The van der Waals surface area contributed by atoms with Crippen LogP contribution in [0.3, 0.4) is 0 Å². The minimum atomic E-state index is 0.351. The van der Waals surface area contributed by atoms with Crippen LogP contribution in [0, 0.1) is 0 Å². The molecule has 1 atom stereocenters. The van der Waals surface area contributed by atoms with Crippen molar-refractivity contribution in [2.75, 3.05) is 7.05 Å². The number of nitrogens with one attached hydrogen (secondary N) is 1. The molecule has 1 aromatic heterocycles. The molecule has 2 nitrogen and oxygen atoms in total. The Labute approximate surface area is 89.9 Å². The Morgan fingerprint density at radius 2 is 2.00 bits per heavy atom. The van der Waals surface area contributed by atoms with E-state index in [1.54, 1.807) is 12.5 Å². The van der Waals surface area contributed by atoms with Crippen LogP contribution in [0.2, 0.25) is 0 Å². The van der Waals surface area contributed by atoms with E-state index in [0.717, 1.165) is 6.42 Å². The van der Waals surface area contributed by atoms with E-state index in [0.29, 0.717) is 6.04 Å². The van der Waals surface area contributed by atoms with E-state index >= 15 is 0 Å². The highest BCUT2D eigenvalue weighted by Gasteiger charge is 2.09. The number of benzene rings is 1. The van der Waals surface area contributed by atoms with E-state index in [9.17, 15) is 0 Å². The maximum Gasteiger partial charge on any atom is 0.0935 e. The van der Waals surface area contributed by atoms with Gasteiger partial charge in [0.05, 0.1) is 12.5 Å². The number of rotatable bonds is 4. The summed E-state index contributed by atoms with van der Waals surface area (Å²) >= 11 is 0. The van der Waals surface area contributed by atoms with Gasteiger partial charge in [-0.2, -0.15) is 0 Å². The fraction of sp³-hybridized carbons (Fsp3) is 0.231. The van der Waals surface area contributed by atoms with E-state index in [-0.39, 0.29) is 0 Å². The highest BCUT2D eigenvalue weighted by atomic mass is 16.3. The molecule has 1 heterocycles. The first-order valence-corrected chi connectivity index (χ1v) is 5.13. The van der Waals surface area contributed by atoms with Gasteiger partial charge in [0.2, 0.25) is 0 Å². The van der Waals surface area contributed by atoms with Crippen LogP contribution in [0.25, 0.3) is 0 Å². The van der Waals surface area contributed by atoms with Crippen LogP contribution >= 0.6 is 0 Å². The maximum absolute atomic E-state index is 5.07. The normalized spacial score (nSPS) is 12.6. The van der Waals surface area contributed by atoms with Crippen LogP contribution in [-0.4, -0.2) is 7.05 Å². The van der Waals surface area contributed by atoms with Crippen molar-refractivity contribution in [3.63, 3.8) is 0 Å². The summed E-state index contributed by atoms with van der Waals surface area (Å²) < 4.78 is 5.07. The van der Waals surface area contributed by atoms with Crippen molar-refractivity contribution in [3.8, 4) is 0 Å². The van der Waals surface area contributed by atoms with E-state index in [2.05, 4.69) is 29.6 Å². The van der Waals surface area contributed by atoms with Gasteiger partial charge < -0.3 is 9.73 Å². The molecule has 0 aliphatic rings. The van der Waals surface area contributed by atoms with Gasteiger partial charge in [-0.3, -0.25) is 0 Å². The highest BCUT2D eigenvalue weighted by molar-refractivity contribution is 5.21. The average Bonchev–Trinajstić information content (AvgIpc) is 2.80. The van der Waals surface area contributed by atoms with Crippen LogP contribution < -0.4 is 5.32 Å². The molecule has 0 fully saturated rings. The standard InChI is InChI=1S/C13H15NO/c1-14-13(9-11-7-8-15-10-11)12-5-3-2-4-6-12/h2-8,10,13-14H,9H2,1H3. The second kappa shape index (κ2) is 4.80. The fourth-order valence-corrected chi connectivity index (χ4v) is 1.72.